The lowest BCUT2D eigenvalue weighted by molar-refractivity contribution is 0.106. The topological polar surface area (TPSA) is 60.0 Å². The molecular weight excluding hydrogens is 390 g/mol. The van der Waals surface area contributed by atoms with Gasteiger partial charge in [0.05, 0.1) is 14.2 Å². The molecule has 2 rings (SSSR count). The second-order valence-corrected chi connectivity index (χ2v) is 7.30. The van der Waals surface area contributed by atoms with Crippen molar-refractivity contribution in [1.82, 2.24) is 5.32 Å². The van der Waals surface area contributed by atoms with E-state index in [0.717, 1.165) is 41.3 Å². The first kappa shape index (κ1) is 25.1. The number of nitrogens with one attached hydrogen (secondary N) is 1. The molecule has 0 aliphatic heterocycles. The Labute approximate surface area is 180 Å². The maximum atomic E-state index is 10.2. The first-order valence-corrected chi connectivity index (χ1v) is 9.77. The number of aliphatic hydroxyl groups excluding tert-OH is 1. The molecule has 0 fully saturated rings. The van der Waals surface area contributed by atoms with Crippen molar-refractivity contribution < 1.29 is 19.3 Å². The third kappa shape index (κ3) is 7.77. The second-order valence-electron chi connectivity index (χ2n) is 7.30. The summed E-state index contributed by atoms with van der Waals surface area (Å²) in [5, 5.41) is 13.5. The number of rotatable bonds is 11. The summed E-state index contributed by atoms with van der Waals surface area (Å²) in [5.74, 6) is 2.70. The first-order valence-electron chi connectivity index (χ1n) is 9.77. The van der Waals surface area contributed by atoms with Crippen LogP contribution in [0.25, 0.3) is 0 Å². The van der Waals surface area contributed by atoms with Gasteiger partial charge in [-0.3, -0.25) is 0 Å². The Balaban J connectivity index is 0.00000420. The van der Waals surface area contributed by atoms with Gasteiger partial charge in [-0.1, -0.05) is 32.0 Å². The minimum atomic E-state index is -0.564. The summed E-state index contributed by atoms with van der Waals surface area (Å²) in [7, 11) is 3.26. The zero-order valence-electron chi connectivity index (χ0n) is 18.0. The van der Waals surface area contributed by atoms with E-state index in [2.05, 4.69) is 31.3 Å². The van der Waals surface area contributed by atoms with Crippen LogP contribution in [0.15, 0.2) is 36.4 Å². The standard InChI is InChI=1S/C23H33NO4.ClH/c1-16(2)20-8-6-17(3)12-22(20)28-15-19(25)14-24-11-10-18-7-9-21(26-4)23(13-18)27-5;/h6-9,12-13,16,19,24-25H,10-11,14-15H2,1-5H3;1H. The molecule has 0 heterocycles. The van der Waals surface area contributed by atoms with Crippen molar-refractivity contribution in [3.8, 4) is 17.2 Å². The number of aliphatic hydroxyl groups is 1. The maximum Gasteiger partial charge on any atom is 0.160 e. The third-order valence-electron chi connectivity index (χ3n) is 4.64. The zero-order valence-corrected chi connectivity index (χ0v) is 18.8. The smallest absolute Gasteiger partial charge is 0.160 e. The summed E-state index contributed by atoms with van der Waals surface area (Å²) in [5.41, 5.74) is 3.47. The van der Waals surface area contributed by atoms with Gasteiger partial charge >= 0.3 is 0 Å². The van der Waals surface area contributed by atoms with Crippen molar-refractivity contribution >= 4 is 12.4 Å². The van der Waals surface area contributed by atoms with Gasteiger partial charge in [0.25, 0.3) is 0 Å². The maximum absolute atomic E-state index is 10.2. The minimum absolute atomic E-state index is 0. The summed E-state index contributed by atoms with van der Waals surface area (Å²) in [4.78, 5) is 0. The summed E-state index contributed by atoms with van der Waals surface area (Å²) < 4.78 is 16.5. The number of hydrogen-bond donors (Lipinski definition) is 2. The Morgan fingerprint density at radius 3 is 2.34 bits per heavy atom. The van der Waals surface area contributed by atoms with Gasteiger partial charge in [-0.15, -0.1) is 12.4 Å². The average Bonchev–Trinajstić information content (AvgIpc) is 2.69. The van der Waals surface area contributed by atoms with E-state index < -0.39 is 6.10 Å². The van der Waals surface area contributed by atoms with E-state index in [1.807, 2.05) is 31.2 Å². The number of aryl methyl sites for hydroxylation is 1. The Hall–Kier alpha value is -1.95. The Kier molecular flexibility index (Phi) is 10.9. The van der Waals surface area contributed by atoms with E-state index in [0.29, 0.717) is 12.5 Å². The molecule has 0 spiro atoms. The molecule has 29 heavy (non-hydrogen) atoms. The fraction of sp³-hybridized carbons (Fsp3) is 0.478. The van der Waals surface area contributed by atoms with Crippen LogP contribution in [-0.4, -0.2) is 45.1 Å². The fourth-order valence-corrected chi connectivity index (χ4v) is 3.03. The summed E-state index contributed by atoms with van der Waals surface area (Å²) in [6, 6.07) is 12.1. The van der Waals surface area contributed by atoms with Crippen LogP contribution in [0.2, 0.25) is 0 Å². The SMILES string of the molecule is COc1ccc(CCNCC(O)COc2cc(C)ccc2C(C)C)cc1OC.Cl. The molecule has 2 N–H and O–H groups in total. The summed E-state index contributed by atoms with van der Waals surface area (Å²) in [6.07, 6.45) is 0.273. The van der Waals surface area contributed by atoms with Crippen LogP contribution in [0, 0.1) is 6.92 Å². The summed E-state index contributed by atoms with van der Waals surface area (Å²) in [6.45, 7) is 7.84. The van der Waals surface area contributed by atoms with E-state index in [4.69, 9.17) is 14.2 Å². The predicted octanol–water partition coefficient (Wildman–Crippen LogP) is 4.13. The van der Waals surface area contributed by atoms with Crippen LogP contribution >= 0.6 is 12.4 Å². The molecule has 0 amide bonds. The average molecular weight is 424 g/mol. The van der Waals surface area contributed by atoms with Crippen LogP contribution in [-0.2, 0) is 6.42 Å². The van der Waals surface area contributed by atoms with Crippen LogP contribution < -0.4 is 19.5 Å². The van der Waals surface area contributed by atoms with Crippen LogP contribution in [0.3, 0.4) is 0 Å². The minimum Gasteiger partial charge on any atom is -0.493 e. The van der Waals surface area contributed by atoms with Gasteiger partial charge in [0.2, 0.25) is 0 Å². The Morgan fingerprint density at radius 1 is 0.966 bits per heavy atom. The number of hydrogen-bond acceptors (Lipinski definition) is 5. The fourth-order valence-electron chi connectivity index (χ4n) is 3.03. The van der Waals surface area contributed by atoms with E-state index in [9.17, 15) is 5.11 Å². The van der Waals surface area contributed by atoms with Crippen molar-refractivity contribution in [3.05, 3.63) is 53.1 Å². The molecule has 0 aliphatic rings. The summed E-state index contributed by atoms with van der Waals surface area (Å²) >= 11 is 0. The highest BCUT2D eigenvalue weighted by molar-refractivity contribution is 5.85. The predicted molar refractivity (Wildman–Crippen MR) is 120 cm³/mol. The number of benzene rings is 2. The van der Waals surface area contributed by atoms with Gasteiger partial charge < -0.3 is 24.6 Å². The van der Waals surface area contributed by atoms with E-state index in [-0.39, 0.29) is 19.0 Å². The number of methoxy groups -OCH3 is 2. The molecule has 0 aliphatic carbocycles. The van der Waals surface area contributed by atoms with Gasteiger partial charge in [-0.05, 0) is 60.7 Å². The molecular formula is C23H34ClNO4. The van der Waals surface area contributed by atoms with Crippen LogP contribution in [0.5, 0.6) is 17.2 Å². The largest absolute Gasteiger partial charge is 0.493 e. The molecule has 0 saturated carbocycles. The van der Waals surface area contributed by atoms with Crippen molar-refractivity contribution in [2.24, 2.45) is 0 Å². The quantitative estimate of drug-likeness (QED) is 0.532. The molecule has 6 heteroatoms. The molecule has 162 valence electrons. The van der Waals surface area contributed by atoms with Crippen molar-refractivity contribution in [3.63, 3.8) is 0 Å². The molecule has 2 aromatic rings. The molecule has 1 atom stereocenters. The number of halogens is 1. The highest BCUT2D eigenvalue weighted by Gasteiger charge is 2.11. The highest BCUT2D eigenvalue weighted by atomic mass is 35.5. The van der Waals surface area contributed by atoms with E-state index in [1.165, 1.54) is 5.56 Å². The van der Waals surface area contributed by atoms with Crippen LogP contribution in [0.1, 0.15) is 36.5 Å². The molecule has 1 unspecified atom stereocenters. The first-order chi connectivity index (χ1) is 13.4. The van der Waals surface area contributed by atoms with E-state index in [1.54, 1.807) is 14.2 Å². The molecule has 5 nitrogen and oxygen atoms in total. The van der Waals surface area contributed by atoms with Gasteiger partial charge in [0.15, 0.2) is 11.5 Å². The van der Waals surface area contributed by atoms with Crippen molar-refractivity contribution in [1.29, 1.82) is 0 Å². The van der Waals surface area contributed by atoms with Crippen LogP contribution in [0.4, 0.5) is 0 Å². The highest BCUT2D eigenvalue weighted by Crippen LogP contribution is 2.28. The lowest BCUT2D eigenvalue weighted by atomic mass is 10.0. The Morgan fingerprint density at radius 2 is 1.69 bits per heavy atom. The van der Waals surface area contributed by atoms with Gasteiger partial charge in [-0.2, -0.15) is 0 Å². The monoisotopic (exact) mass is 423 g/mol. The van der Waals surface area contributed by atoms with Gasteiger partial charge in [0, 0.05) is 6.54 Å². The normalized spacial score (nSPS) is 11.7. The van der Waals surface area contributed by atoms with Crippen molar-refractivity contribution in [2.45, 2.75) is 39.2 Å². The molecule has 2 aromatic carbocycles. The number of ether oxygens (including phenoxy) is 3. The molecule has 0 aromatic heterocycles. The lowest BCUT2D eigenvalue weighted by Gasteiger charge is -2.18. The van der Waals surface area contributed by atoms with Crippen molar-refractivity contribution in [2.75, 3.05) is 33.9 Å². The van der Waals surface area contributed by atoms with Gasteiger partial charge in [0.1, 0.15) is 18.5 Å². The zero-order chi connectivity index (χ0) is 20.5. The van der Waals surface area contributed by atoms with Gasteiger partial charge in [-0.25, -0.2) is 0 Å². The molecule has 0 radical (unpaired) electrons. The third-order valence-corrected chi connectivity index (χ3v) is 4.64. The molecule has 0 saturated heterocycles. The lowest BCUT2D eigenvalue weighted by Crippen LogP contribution is -2.32. The van der Waals surface area contributed by atoms with E-state index >= 15 is 0 Å². The second kappa shape index (κ2) is 12.6. The Bertz CT molecular complexity index is 752. The molecule has 0 bridgehead atoms.